The molecular formula is C13H16BrN3O. The highest BCUT2D eigenvalue weighted by Gasteiger charge is 2.09. The summed E-state index contributed by atoms with van der Waals surface area (Å²) in [6.45, 7) is 4.14. The minimum atomic E-state index is -0.0204. The van der Waals surface area contributed by atoms with Gasteiger partial charge in [0.2, 0.25) is 5.91 Å². The van der Waals surface area contributed by atoms with Gasteiger partial charge >= 0.3 is 0 Å². The molecule has 0 aliphatic heterocycles. The summed E-state index contributed by atoms with van der Waals surface area (Å²) in [5.41, 5.74) is 1.47. The second-order valence-electron chi connectivity index (χ2n) is 4.35. The van der Waals surface area contributed by atoms with E-state index in [1.807, 2.05) is 37.9 Å². The molecule has 0 spiro atoms. The molecule has 96 valence electrons. The molecule has 0 aromatic heterocycles. The Bertz CT molecular complexity index is 480. The van der Waals surface area contributed by atoms with E-state index >= 15 is 0 Å². The summed E-state index contributed by atoms with van der Waals surface area (Å²) in [5.74, 6) is -0.0204. The van der Waals surface area contributed by atoms with Crippen LogP contribution < -0.4 is 10.2 Å². The van der Waals surface area contributed by atoms with E-state index in [4.69, 9.17) is 5.26 Å². The zero-order valence-corrected chi connectivity index (χ0v) is 12.3. The van der Waals surface area contributed by atoms with E-state index in [-0.39, 0.29) is 18.5 Å². The van der Waals surface area contributed by atoms with Crippen molar-refractivity contribution in [3.63, 3.8) is 0 Å². The van der Waals surface area contributed by atoms with Gasteiger partial charge < -0.3 is 10.2 Å². The van der Waals surface area contributed by atoms with E-state index in [1.54, 1.807) is 6.07 Å². The Morgan fingerprint density at radius 3 is 2.72 bits per heavy atom. The third kappa shape index (κ3) is 4.04. The Balaban J connectivity index is 2.73. The van der Waals surface area contributed by atoms with Crippen molar-refractivity contribution in [2.75, 3.05) is 18.5 Å². The zero-order valence-electron chi connectivity index (χ0n) is 10.7. The molecule has 0 unspecified atom stereocenters. The van der Waals surface area contributed by atoms with Gasteiger partial charge in [-0.15, -0.1) is 0 Å². The largest absolute Gasteiger partial charge is 0.365 e. The summed E-state index contributed by atoms with van der Waals surface area (Å²) < 4.78 is 0.735. The number of nitriles is 1. The molecular weight excluding hydrogens is 294 g/mol. The maximum Gasteiger partial charge on any atom is 0.239 e. The van der Waals surface area contributed by atoms with E-state index in [0.29, 0.717) is 5.56 Å². The Labute approximate surface area is 116 Å². The van der Waals surface area contributed by atoms with Gasteiger partial charge in [0.25, 0.3) is 0 Å². The molecule has 5 heteroatoms. The number of rotatable bonds is 4. The lowest BCUT2D eigenvalue weighted by Crippen LogP contribution is -2.38. The Kier molecular flexibility index (Phi) is 5.17. The molecule has 1 N–H and O–H groups in total. The van der Waals surface area contributed by atoms with Crippen LogP contribution in [0.15, 0.2) is 22.7 Å². The number of carbonyl (C=O) groups is 1. The molecule has 1 rings (SSSR count). The number of benzene rings is 1. The minimum Gasteiger partial charge on any atom is -0.365 e. The summed E-state index contributed by atoms with van der Waals surface area (Å²) in [6, 6.07) is 7.61. The quantitative estimate of drug-likeness (QED) is 0.928. The van der Waals surface area contributed by atoms with Gasteiger partial charge in [0, 0.05) is 23.2 Å². The second-order valence-corrected chi connectivity index (χ2v) is 5.21. The molecule has 0 aliphatic carbocycles. The van der Waals surface area contributed by atoms with Crippen LogP contribution in [0.25, 0.3) is 0 Å². The topological polar surface area (TPSA) is 56.1 Å². The summed E-state index contributed by atoms with van der Waals surface area (Å²) in [7, 11) is 1.84. The number of nitrogens with one attached hydrogen (secondary N) is 1. The van der Waals surface area contributed by atoms with Crippen molar-refractivity contribution in [2.45, 2.75) is 19.9 Å². The molecule has 0 bridgehead atoms. The van der Waals surface area contributed by atoms with Crippen molar-refractivity contribution in [3.05, 3.63) is 28.2 Å². The highest BCUT2D eigenvalue weighted by molar-refractivity contribution is 9.10. The summed E-state index contributed by atoms with van der Waals surface area (Å²) >= 11 is 3.33. The molecule has 0 radical (unpaired) electrons. The van der Waals surface area contributed by atoms with Crippen LogP contribution in [0.3, 0.4) is 0 Å². The van der Waals surface area contributed by atoms with Gasteiger partial charge in [-0.1, -0.05) is 0 Å². The van der Waals surface area contributed by atoms with E-state index in [1.165, 1.54) is 0 Å². The lowest BCUT2D eigenvalue weighted by Gasteiger charge is -2.20. The molecule has 0 atom stereocenters. The van der Waals surface area contributed by atoms with Crippen molar-refractivity contribution < 1.29 is 4.79 Å². The number of hydrogen-bond acceptors (Lipinski definition) is 3. The van der Waals surface area contributed by atoms with E-state index in [9.17, 15) is 4.79 Å². The van der Waals surface area contributed by atoms with Crippen LogP contribution in [0.2, 0.25) is 0 Å². The predicted molar refractivity (Wildman–Crippen MR) is 75.4 cm³/mol. The SMILES string of the molecule is CC(C)NC(=O)CN(C)c1ccc(C#N)c(Br)c1. The minimum absolute atomic E-state index is 0.0204. The number of anilines is 1. The third-order valence-electron chi connectivity index (χ3n) is 2.34. The van der Waals surface area contributed by atoms with Gasteiger partial charge in [0.05, 0.1) is 12.1 Å². The van der Waals surface area contributed by atoms with Crippen molar-refractivity contribution in [1.82, 2.24) is 5.32 Å². The Hall–Kier alpha value is -1.54. The maximum atomic E-state index is 11.6. The van der Waals surface area contributed by atoms with Crippen molar-refractivity contribution >= 4 is 27.5 Å². The molecule has 0 saturated heterocycles. The van der Waals surface area contributed by atoms with Crippen LogP contribution in [0.5, 0.6) is 0 Å². The second kappa shape index (κ2) is 6.41. The third-order valence-corrected chi connectivity index (χ3v) is 3.00. The molecule has 0 aliphatic rings. The smallest absolute Gasteiger partial charge is 0.239 e. The van der Waals surface area contributed by atoms with E-state index in [0.717, 1.165) is 10.2 Å². The fourth-order valence-corrected chi connectivity index (χ4v) is 1.96. The van der Waals surface area contributed by atoms with Gasteiger partial charge in [0.15, 0.2) is 0 Å². The maximum absolute atomic E-state index is 11.6. The molecule has 1 aromatic rings. The molecule has 1 amide bonds. The van der Waals surface area contributed by atoms with Gasteiger partial charge in [-0.05, 0) is 48.0 Å². The molecule has 18 heavy (non-hydrogen) atoms. The number of hydrogen-bond donors (Lipinski definition) is 1. The number of halogens is 1. The van der Waals surface area contributed by atoms with Crippen LogP contribution >= 0.6 is 15.9 Å². The van der Waals surface area contributed by atoms with Crippen LogP contribution in [-0.4, -0.2) is 25.5 Å². The molecule has 0 saturated carbocycles. The first-order chi connectivity index (χ1) is 8.43. The van der Waals surface area contributed by atoms with Crippen molar-refractivity contribution in [3.8, 4) is 6.07 Å². The van der Waals surface area contributed by atoms with Crippen molar-refractivity contribution in [2.24, 2.45) is 0 Å². The molecule has 1 aromatic carbocycles. The van der Waals surface area contributed by atoms with Gasteiger partial charge in [-0.25, -0.2) is 0 Å². The average Bonchev–Trinajstić information content (AvgIpc) is 2.27. The number of nitrogens with zero attached hydrogens (tertiary/aromatic N) is 2. The van der Waals surface area contributed by atoms with Crippen LogP contribution in [0, 0.1) is 11.3 Å². The summed E-state index contributed by atoms with van der Waals surface area (Å²) in [4.78, 5) is 13.5. The number of likely N-dealkylation sites (N-methyl/N-ethyl adjacent to an activating group) is 1. The summed E-state index contributed by atoms with van der Waals surface area (Å²) in [6.07, 6.45) is 0. The first-order valence-electron chi connectivity index (χ1n) is 5.64. The Morgan fingerprint density at radius 2 is 2.22 bits per heavy atom. The fourth-order valence-electron chi connectivity index (χ4n) is 1.51. The highest BCUT2D eigenvalue weighted by atomic mass is 79.9. The summed E-state index contributed by atoms with van der Waals surface area (Å²) in [5, 5.41) is 11.7. The van der Waals surface area contributed by atoms with Gasteiger partial charge in [-0.3, -0.25) is 4.79 Å². The van der Waals surface area contributed by atoms with Gasteiger partial charge in [0.1, 0.15) is 6.07 Å². The van der Waals surface area contributed by atoms with Crippen LogP contribution in [0.1, 0.15) is 19.4 Å². The first kappa shape index (κ1) is 14.5. The standard InChI is InChI=1S/C13H16BrN3O/c1-9(2)16-13(18)8-17(3)11-5-4-10(7-15)12(14)6-11/h4-6,9H,8H2,1-3H3,(H,16,18). The normalized spacial score (nSPS) is 10.0. The monoisotopic (exact) mass is 309 g/mol. The lowest BCUT2D eigenvalue weighted by atomic mass is 10.2. The van der Waals surface area contributed by atoms with Crippen LogP contribution in [0.4, 0.5) is 5.69 Å². The molecule has 4 nitrogen and oxygen atoms in total. The number of carbonyl (C=O) groups excluding carboxylic acids is 1. The van der Waals surface area contributed by atoms with Crippen molar-refractivity contribution in [1.29, 1.82) is 5.26 Å². The molecule has 0 heterocycles. The van der Waals surface area contributed by atoms with E-state index < -0.39 is 0 Å². The fraction of sp³-hybridized carbons (Fsp3) is 0.385. The number of amides is 1. The van der Waals surface area contributed by atoms with Crippen LogP contribution in [-0.2, 0) is 4.79 Å². The zero-order chi connectivity index (χ0) is 13.7. The highest BCUT2D eigenvalue weighted by Crippen LogP contribution is 2.22. The average molecular weight is 310 g/mol. The molecule has 0 fully saturated rings. The lowest BCUT2D eigenvalue weighted by molar-refractivity contribution is -0.120. The van der Waals surface area contributed by atoms with E-state index in [2.05, 4.69) is 27.3 Å². The first-order valence-corrected chi connectivity index (χ1v) is 6.43. The van der Waals surface area contributed by atoms with Gasteiger partial charge in [-0.2, -0.15) is 5.26 Å². The Morgan fingerprint density at radius 1 is 1.56 bits per heavy atom. The predicted octanol–water partition coefficient (Wildman–Crippen LogP) is 2.28.